The second-order valence-corrected chi connectivity index (χ2v) is 6.43. The molecule has 0 aliphatic carbocycles. The van der Waals surface area contributed by atoms with Crippen LogP contribution in [0.3, 0.4) is 0 Å². The molecule has 2 rings (SSSR count). The molecule has 0 saturated heterocycles. The third-order valence-electron chi connectivity index (χ3n) is 4.14. The molecule has 0 aliphatic rings. The van der Waals surface area contributed by atoms with Crippen molar-refractivity contribution in [2.45, 2.75) is 40.7 Å². The van der Waals surface area contributed by atoms with Crippen LogP contribution < -0.4 is 11.5 Å². The van der Waals surface area contributed by atoms with E-state index in [1.807, 2.05) is 6.07 Å². The fourth-order valence-corrected chi connectivity index (χ4v) is 3.21. The number of aryl methyl sites for hydroxylation is 2. The van der Waals surface area contributed by atoms with E-state index in [9.17, 15) is 4.79 Å². The first-order valence-electron chi connectivity index (χ1n) is 7.93. The fraction of sp³-hybridized carbons (Fsp3) is 0.368. The number of pyridine rings is 1. The molecule has 1 aromatic heterocycles. The first kappa shape index (κ1) is 17.2. The Morgan fingerprint density at radius 3 is 2.48 bits per heavy atom. The fourth-order valence-electron chi connectivity index (χ4n) is 3.21. The molecule has 1 amide bonds. The van der Waals surface area contributed by atoms with Crippen molar-refractivity contribution >= 4 is 5.91 Å². The van der Waals surface area contributed by atoms with Gasteiger partial charge in [-0.25, -0.2) is 0 Å². The molecule has 0 atom stereocenters. The molecule has 4 N–H and O–H groups in total. The zero-order chi connectivity index (χ0) is 17.1. The smallest absolute Gasteiger partial charge is 0.250 e. The summed E-state index contributed by atoms with van der Waals surface area (Å²) in [4.78, 5) is 15.9. The standard InChI is InChI=1S/C19H25N3O/c1-11(2)7-15-16(9-20)12(3)8-13(4)18(15)14-5-6-22-10-17(14)19(21)23/h5-6,8,10-11H,7,9,20H2,1-4H3,(H2,21,23). The summed E-state index contributed by atoms with van der Waals surface area (Å²) in [6, 6.07) is 3.99. The first-order chi connectivity index (χ1) is 10.9. The lowest BCUT2D eigenvalue weighted by atomic mass is 9.83. The van der Waals surface area contributed by atoms with Crippen LogP contribution in [0.15, 0.2) is 24.5 Å². The lowest BCUT2D eigenvalue weighted by Crippen LogP contribution is -2.15. The summed E-state index contributed by atoms with van der Waals surface area (Å²) in [5, 5.41) is 0. The van der Waals surface area contributed by atoms with Crippen LogP contribution in [-0.4, -0.2) is 10.9 Å². The number of nitrogens with two attached hydrogens (primary N) is 2. The summed E-state index contributed by atoms with van der Waals surface area (Å²) in [6.07, 6.45) is 4.14. The van der Waals surface area contributed by atoms with Gasteiger partial charge in [-0.05, 0) is 65.6 Å². The summed E-state index contributed by atoms with van der Waals surface area (Å²) in [6.45, 7) is 9.01. The van der Waals surface area contributed by atoms with Crippen LogP contribution in [0.2, 0.25) is 0 Å². The van der Waals surface area contributed by atoms with Crippen LogP contribution in [0, 0.1) is 19.8 Å². The van der Waals surface area contributed by atoms with Crippen LogP contribution in [0.4, 0.5) is 0 Å². The highest BCUT2D eigenvalue weighted by molar-refractivity contribution is 6.00. The molecule has 0 unspecified atom stereocenters. The summed E-state index contributed by atoms with van der Waals surface area (Å²) in [5.41, 5.74) is 18.6. The van der Waals surface area contributed by atoms with E-state index in [0.29, 0.717) is 18.0 Å². The van der Waals surface area contributed by atoms with Crippen LogP contribution in [0.25, 0.3) is 11.1 Å². The van der Waals surface area contributed by atoms with Crippen LogP contribution in [0.5, 0.6) is 0 Å². The topological polar surface area (TPSA) is 82.0 Å². The number of aromatic nitrogens is 1. The highest BCUT2D eigenvalue weighted by Gasteiger charge is 2.19. The highest BCUT2D eigenvalue weighted by atomic mass is 16.1. The van der Waals surface area contributed by atoms with Crippen LogP contribution >= 0.6 is 0 Å². The quantitative estimate of drug-likeness (QED) is 0.890. The summed E-state index contributed by atoms with van der Waals surface area (Å²) in [5.74, 6) is 0.0250. The number of amides is 1. The molecular formula is C19H25N3O. The number of carbonyl (C=O) groups is 1. The van der Waals surface area contributed by atoms with Crippen molar-refractivity contribution in [1.29, 1.82) is 0 Å². The van der Waals surface area contributed by atoms with Gasteiger partial charge in [0, 0.05) is 18.9 Å². The molecule has 0 fully saturated rings. The number of hydrogen-bond donors (Lipinski definition) is 2. The normalized spacial score (nSPS) is 11.0. The number of rotatable bonds is 5. The van der Waals surface area contributed by atoms with Crippen molar-refractivity contribution in [3.63, 3.8) is 0 Å². The summed E-state index contributed by atoms with van der Waals surface area (Å²) >= 11 is 0. The molecule has 23 heavy (non-hydrogen) atoms. The van der Waals surface area contributed by atoms with E-state index >= 15 is 0 Å². The van der Waals surface area contributed by atoms with Gasteiger partial charge in [-0.1, -0.05) is 19.9 Å². The van der Waals surface area contributed by atoms with Crippen molar-refractivity contribution in [2.75, 3.05) is 0 Å². The maximum atomic E-state index is 11.8. The summed E-state index contributed by atoms with van der Waals surface area (Å²) in [7, 11) is 0. The number of carbonyl (C=O) groups excluding carboxylic acids is 1. The largest absolute Gasteiger partial charge is 0.366 e. The second-order valence-electron chi connectivity index (χ2n) is 6.43. The van der Waals surface area contributed by atoms with Gasteiger partial charge in [0.25, 0.3) is 5.91 Å². The molecule has 1 heterocycles. The zero-order valence-corrected chi connectivity index (χ0v) is 14.3. The highest BCUT2D eigenvalue weighted by Crippen LogP contribution is 2.35. The Morgan fingerprint density at radius 1 is 1.22 bits per heavy atom. The van der Waals surface area contributed by atoms with E-state index in [1.165, 1.54) is 17.3 Å². The molecule has 1 aromatic carbocycles. The van der Waals surface area contributed by atoms with Gasteiger partial charge in [0.15, 0.2) is 0 Å². The van der Waals surface area contributed by atoms with E-state index in [1.54, 1.807) is 6.20 Å². The average Bonchev–Trinajstić information content (AvgIpc) is 2.47. The van der Waals surface area contributed by atoms with Crippen molar-refractivity contribution in [3.05, 3.63) is 52.3 Å². The van der Waals surface area contributed by atoms with Crippen LogP contribution in [0.1, 0.15) is 46.5 Å². The zero-order valence-electron chi connectivity index (χ0n) is 14.3. The molecule has 0 radical (unpaired) electrons. The van der Waals surface area contributed by atoms with E-state index in [4.69, 9.17) is 11.5 Å². The van der Waals surface area contributed by atoms with E-state index in [-0.39, 0.29) is 0 Å². The van der Waals surface area contributed by atoms with E-state index in [0.717, 1.165) is 28.7 Å². The SMILES string of the molecule is Cc1cc(C)c(-c2ccncc2C(N)=O)c(CC(C)C)c1CN. The Bertz CT molecular complexity index is 736. The molecule has 0 bridgehead atoms. The molecule has 2 aromatic rings. The van der Waals surface area contributed by atoms with Crippen molar-refractivity contribution in [3.8, 4) is 11.1 Å². The minimum Gasteiger partial charge on any atom is -0.366 e. The molecule has 4 heteroatoms. The Kier molecular flexibility index (Phi) is 5.16. The van der Waals surface area contributed by atoms with Crippen molar-refractivity contribution in [1.82, 2.24) is 4.98 Å². The van der Waals surface area contributed by atoms with Gasteiger partial charge in [0.2, 0.25) is 0 Å². The Balaban J connectivity index is 2.83. The van der Waals surface area contributed by atoms with E-state index in [2.05, 4.69) is 38.7 Å². The van der Waals surface area contributed by atoms with Gasteiger partial charge in [-0.2, -0.15) is 0 Å². The summed E-state index contributed by atoms with van der Waals surface area (Å²) < 4.78 is 0. The maximum Gasteiger partial charge on any atom is 0.250 e. The van der Waals surface area contributed by atoms with Gasteiger partial charge in [-0.15, -0.1) is 0 Å². The molecular weight excluding hydrogens is 286 g/mol. The second kappa shape index (κ2) is 6.92. The van der Waals surface area contributed by atoms with Crippen molar-refractivity contribution < 1.29 is 4.79 Å². The number of benzene rings is 1. The Labute approximate surface area is 137 Å². The Hall–Kier alpha value is -2.20. The molecule has 122 valence electrons. The van der Waals surface area contributed by atoms with Gasteiger partial charge < -0.3 is 11.5 Å². The first-order valence-corrected chi connectivity index (χ1v) is 7.93. The molecule has 0 saturated carbocycles. The number of nitrogens with zero attached hydrogens (tertiary/aromatic N) is 1. The lowest BCUT2D eigenvalue weighted by Gasteiger charge is -2.22. The van der Waals surface area contributed by atoms with Crippen molar-refractivity contribution in [2.24, 2.45) is 17.4 Å². The van der Waals surface area contributed by atoms with Gasteiger partial charge >= 0.3 is 0 Å². The van der Waals surface area contributed by atoms with E-state index < -0.39 is 5.91 Å². The average molecular weight is 311 g/mol. The van der Waals surface area contributed by atoms with Gasteiger partial charge in [0.1, 0.15) is 0 Å². The molecule has 4 nitrogen and oxygen atoms in total. The van der Waals surface area contributed by atoms with Gasteiger partial charge in [-0.3, -0.25) is 9.78 Å². The molecule has 0 spiro atoms. The molecule has 0 aliphatic heterocycles. The lowest BCUT2D eigenvalue weighted by molar-refractivity contribution is 0.100. The monoisotopic (exact) mass is 311 g/mol. The van der Waals surface area contributed by atoms with Gasteiger partial charge in [0.05, 0.1) is 5.56 Å². The number of primary amides is 1. The third-order valence-corrected chi connectivity index (χ3v) is 4.14. The Morgan fingerprint density at radius 2 is 1.91 bits per heavy atom. The maximum absolute atomic E-state index is 11.8. The predicted octanol–water partition coefficient (Wildman–Crippen LogP) is 3.12. The van der Waals surface area contributed by atoms with Crippen LogP contribution in [-0.2, 0) is 13.0 Å². The third kappa shape index (κ3) is 3.42. The minimum absolute atomic E-state index is 0.451. The minimum atomic E-state index is -0.460. The predicted molar refractivity (Wildman–Crippen MR) is 94.1 cm³/mol. The number of hydrogen-bond acceptors (Lipinski definition) is 3.